The Hall–Kier alpha value is 0.440. The van der Waals surface area contributed by atoms with Crippen LogP contribution in [0.5, 0.6) is 0 Å². The molecule has 0 aliphatic carbocycles. The largest absolute Gasteiger partial charge is 0.303 e. The van der Waals surface area contributed by atoms with Gasteiger partial charge in [-0.15, -0.1) is 0 Å². The Balaban J connectivity index is 2.36. The summed E-state index contributed by atoms with van der Waals surface area (Å²) in [5.74, 6) is 0. The van der Waals surface area contributed by atoms with Gasteiger partial charge < -0.3 is 4.90 Å². The molecule has 0 saturated carbocycles. The van der Waals surface area contributed by atoms with Crippen molar-refractivity contribution in [2.24, 2.45) is 0 Å². The van der Waals surface area contributed by atoms with E-state index >= 15 is 0 Å². The zero-order valence-corrected chi connectivity index (χ0v) is 9.81. The fraction of sp³-hybridized carbons (Fsp3) is 1.00. The van der Waals surface area contributed by atoms with Crippen molar-refractivity contribution in [1.29, 1.82) is 0 Å². The van der Waals surface area contributed by atoms with Crippen LogP contribution in [-0.2, 0) is 0 Å². The second-order valence-corrected chi connectivity index (χ2v) is 5.56. The van der Waals surface area contributed by atoms with Crippen LogP contribution in [0.25, 0.3) is 0 Å². The van der Waals surface area contributed by atoms with Crippen molar-refractivity contribution in [3.05, 3.63) is 0 Å². The van der Waals surface area contributed by atoms with Gasteiger partial charge >= 0.3 is 0 Å². The molecule has 1 saturated heterocycles. The van der Waals surface area contributed by atoms with Crippen LogP contribution in [0.2, 0.25) is 0 Å². The summed E-state index contributed by atoms with van der Waals surface area (Å²) in [6.45, 7) is 3.54. The molecule has 1 aliphatic heterocycles. The Morgan fingerprint density at radius 2 is 2.17 bits per heavy atom. The maximum atomic E-state index is 3.64. The van der Waals surface area contributed by atoms with E-state index in [9.17, 15) is 0 Å². The van der Waals surface area contributed by atoms with Crippen LogP contribution in [-0.4, -0.2) is 29.4 Å². The Labute approximate surface area is 84.6 Å². The van der Waals surface area contributed by atoms with Gasteiger partial charge in [-0.25, -0.2) is 0 Å². The lowest BCUT2D eigenvalue weighted by Crippen LogP contribution is -2.32. The molecule has 0 aromatic carbocycles. The molecule has 0 spiro atoms. The van der Waals surface area contributed by atoms with Gasteiger partial charge in [0.2, 0.25) is 0 Å². The van der Waals surface area contributed by atoms with E-state index in [0.717, 1.165) is 6.04 Å². The lowest BCUT2D eigenvalue weighted by molar-refractivity contribution is 0.235. The highest BCUT2D eigenvalue weighted by atomic mass is 79.9. The van der Waals surface area contributed by atoms with Gasteiger partial charge in [0, 0.05) is 10.9 Å². The molecule has 2 unspecified atom stereocenters. The lowest BCUT2D eigenvalue weighted by Gasteiger charge is -2.26. The molecule has 1 rings (SSSR count). The zero-order valence-electron chi connectivity index (χ0n) is 8.22. The minimum atomic E-state index is 0.669. The number of alkyl halides is 1. The van der Waals surface area contributed by atoms with E-state index in [4.69, 9.17) is 0 Å². The number of hydrogen-bond donors (Lipinski definition) is 0. The predicted molar refractivity (Wildman–Crippen MR) is 57.9 cm³/mol. The van der Waals surface area contributed by atoms with Gasteiger partial charge in [0.25, 0.3) is 0 Å². The molecule has 0 aromatic rings. The summed E-state index contributed by atoms with van der Waals surface area (Å²) < 4.78 is 0. The first-order valence-corrected chi connectivity index (χ1v) is 5.96. The summed E-state index contributed by atoms with van der Waals surface area (Å²) >= 11 is 3.64. The van der Waals surface area contributed by atoms with E-state index in [-0.39, 0.29) is 0 Å². The van der Waals surface area contributed by atoms with Gasteiger partial charge in [-0.3, -0.25) is 0 Å². The standard InChI is InChI=1S/C10H20BrN/c1-9(11)8-10-6-4-3-5-7-12(10)2/h9-10H,3-8H2,1-2H3. The Morgan fingerprint density at radius 1 is 1.42 bits per heavy atom. The van der Waals surface area contributed by atoms with E-state index in [1.54, 1.807) is 0 Å². The highest BCUT2D eigenvalue weighted by Gasteiger charge is 2.18. The van der Waals surface area contributed by atoms with E-state index in [2.05, 4.69) is 34.8 Å². The first-order valence-electron chi connectivity index (χ1n) is 5.04. The lowest BCUT2D eigenvalue weighted by atomic mass is 10.1. The van der Waals surface area contributed by atoms with Crippen LogP contribution in [0.1, 0.15) is 39.0 Å². The number of hydrogen-bond acceptors (Lipinski definition) is 1. The maximum absolute atomic E-state index is 3.64. The van der Waals surface area contributed by atoms with E-state index in [1.165, 1.54) is 38.6 Å². The number of likely N-dealkylation sites (tertiary alicyclic amines) is 1. The predicted octanol–water partition coefficient (Wildman–Crippen LogP) is 3.03. The van der Waals surface area contributed by atoms with Gasteiger partial charge in [-0.05, 0) is 32.9 Å². The minimum Gasteiger partial charge on any atom is -0.303 e. The van der Waals surface area contributed by atoms with E-state index in [1.807, 2.05) is 0 Å². The summed E-state index contributed by atoms with van der Waals surface area (Å²) in [5, 5.41) is 0. The van der Waals surface area contributed by atoms with Crippen molar-refractivity contribution in [2.45, 2.75) is 49.9 Å². The van der Waals surface area contributed by atoms with Crippen LogP contribution in [0.3, 0.4) is 0 Å². The van der Waals surface area contributed by atoms with Gasteiger partial charge in [-0.1, -0.05) is 35.7 Å². The molecule has 0 N–H and O–H groups in total. The van der Waals surface area contributed by atoms with Crippen LogP contribution < -0.4 is 0 Å². The second kappa shape index (κ2) is 5.23. The fourth-order valence-corrected chi connectivity index (χ4v) is 2.43. The smallest absolute Gasteiger partial charge is 0.0132 e. The highest BCUT2D eigenvalue weighted by molar-refractivity contribution is 9.09. The Morgan fingerprint density at radius 3 is 2.83 bits per heavy atom. The van der Waals surface area contributed by atoms with Crippen molar-refractivity contribution < 1.29 is 0 Å². The summed E-state index contributed by atoms with van der Waals surface area (Å²) in [6.07, 6.45) is 6.94. The summed E-state index contributed by atoms with van der Waals surface area (Å²) in [4.78, 5) is 3.20. The fourth-order valence-electron chi connectivity index (χ4n) is 1.99. The van der Waals surface area contributed by atoms with Gasteiger partial charge in [0.05, 0.1) is 0 Å². The molecule has 1 nitrogen and oxygen atoms in total. The Kier molecular flexibility index (Phi) is 4.59. The normalized spacial score (nSPS) is 29.8. The molecule has 0 bridgehead atoms. The zero-order chi connectivity index (χ0) is 8.97. The molecule has 1 fully saturated rings. The molecular formula is C10H20BrN. The van der Waals surface area contributed by atoms with E-state index < -0.39 is 0 Å². The van der Waals surface area contributed by atoms with Crippen molar-refractivity contribution in [3.63, 3.8) is 0 Å². The third-order valence-corrected chi connectivity index (χ3v) is 3.14. The first kappa shape index (κ1) is 10.5. The first-order chi connectivity index (χ1) is 5.70. The minimum absolute atomic E-state index is 0.669. The Bertz CT molecular complexity index is 125. The second-order valence-electron chi connectivity index (χ2n) is 4.00. The van der Waals surface area contributed by atoms with Gasteiger partial charge in [0.15, 0.2) is 0 Å². The summed E-state index contributed by atoms with van der Waals surface area (Å²) in [6, 6.07) is 0.821. The van der Waals surface area contributed by atoms with Gasteiger partial charge in [-0.2, -0.15) is 0 Å². The summed E-state index contributed by atoms with van der Waals surface area (Å²) in [5.41, 5.74) is 0. The van der Waals surface area contributed by atoms with Gasteiger partial charge in [0.1, 0.15) is 0 Å². The van der Waals surface area contributed by atoms with Crippen LogP contribution in [0, 0.1) is 0 Å². The molecule has 2 atom stereocenters. The molecule has 1 heterocycles. The molecule has 2 heteroatoms. The van der Waals surface area contributed by atoms with Crippen LogP contribution >= 0.6 is 15.9 Å². The number of nitrogens with zero attached hydrogens (tertiary/aromatic N) is 1. The average molecular weight is 234 g/mol. The van der Waals surface area contributed by atoms with Crippen LogP contribution in [0.4, 0.5) is 0 Å². The third kappa shape index (κ3) is 3.44. The number of halogens is 1. The summed E-state index contributed by atoms with van der Waals surface area (Å²) in [7, 11) is 2.27. The quantitative estimate of drug-likeness (QED) is 0.664. The average Bonchev–Trinajstić information content (AvgIpc) is 2.16. The molecular weight excluding hydrogens is 214 g/mol. The van der Waals surface area contributed by atoms with Crippen molar-refractivity contribution in [1.82, 2.24) is 4.90 Å². The SMILES string of the molecule is CC(Br)CC1CCCCCN1C. The topological polar surface area (TPSA) is 3.24 Å². The monoisotopic (exact) mass is 233 g/mol. The molecule has 1 aliphatic rings. The highest BCUT2D eigenvalue weighted by Crippen LogP contribution is 2.20. The van der Waals surface area contributed by atoms with Crippen molar-refractivity contribution in [2.75, 3.05) is 13.6 Å². The van der Waals surface area contributed by atoms with Crippen molar-refractivity contribution in [3.8, 4) is 0 Å². The third-order valence-electron chi connectivity index (χ3n) is 2.77. The van der Waals surface area contributed by atoms with Crippen LogP contribution in [0.15, 0.2) is 0 Å². The molecule has 72 valence electrons. The van der Waals surface area contributed by atoms with Crippen molar-refractivity contribution >= 4 is 15.9 Å². The molecule has 0 radical (unpaired) electrons. The van der Waals surface area contributed by atoms with E-state index in [0.29, 0.717) is 4.83 Å². The molecule has 0 aromatic heterocycles. The molecule has 12 heavy (non-hydrogen) atoms. The molecule has 0 amide bonds. The number of rotatable bonds is 2. The maximum Gasteiger partial charge on any atom is 0.0132 e.